The van der Waals surface area contributed by atoms with Crippen LogP contribution in [-0.4, -0.2) is 40.6 Å². The monoisotopic (exact) mass is 499 g/mol. The van der Waals surface area contributed by atoms with Crippen molar-refractivity contribution in [3.63, 3.8) is 0 Å². The van der Waals surface area contributed by atoms with E-state index in [0.29, 0.717) is 6.54 Å². The van der Waals surface area contributed by atoms with E-state index < -0.39 is 0 Å². The minimum Gasteiger partial charge on any atom is -0.493 e. The summed E-state index contributed by atoms with van der Waals surface area (Å²) in [6.45, 7) is 1.68. The van der Waals surface area contributed by atoms with Crippen LogP contribution in [-0.2, 0) is 13.0 Å². The highest BCUT2D eigenvalue weighted by molar-refractivity contribution is 14.0. The normalized spacial score (nSPS) is 12.2. The van der Waals surface area contributed by atoms with E-state index in [1.165, 1.54) is 0 Å². The first kappa shape index (κ1) is 21.9. The second-order valence-corrected chi connectivity index (χ2v) is 5.98. The van der Waals surface area contributed by atoms with Crippen molar-refractivity contribution in [2.45, 2.75) is 13.0 Å². The van der Waals surface area contributed by atoms with Gasteiger partial charge in [0.15, 0.2) is 29.0 Å². The predicted molar refractivity (Wildman–Crippen MR) is 119 cm³/mol. The number of benzene rings is 2. The minimum atomic E-state index is 0. The van der Waals surface area contributed by atoms with Crippen molar-refractivity contribution in [1.82, 2.24) is 10.6 Å². The Morgan fingerprint density at radius 1 is 0.964 bits per heavy atom. The molecule has 1 heterocycles. The van der Waals surface area contributed by atoms with Crippen LogP contribution in [0.1, 0.15) is 11.1 Å². The van der Waals surface area contributed by atoms with Crippen molar-refractivity contribution < 1.29 is 18.9 Å². The molecule has 0 amide bonds. The maximum absolute atomic E-state index is 5.41. The molecule has 2 aromatic carbocycles. The smallest absolute Gasteiger partial charge is 0.231 e. The van der Waals surface area contributed by atoms with E-state index in [1.807, 2.05) is 36.4 Å². The minimum absolute atomic E-state index is 0. The highest BCUT2D eigenvalue weighted by Crippen LogP contribution is 2.32. The molecule has 8 heteroatoms. The first-order valence-corrected chi connectivity index (χ1v) is 8.77. The molecule has 0 spiro atoms. The van der Waals surface area contributed by atoms with Gasteiger partial charge in [-0.05, 0) is 41.8 Å². The Balaban J connectivity index is 0.00000280. The van der Waals surface area contributed by atoms with Crippen molar-refractivity contribution in [2.24, 2.45) is 4.99 Å². The summed E-state index contributed by atoms with van der Waals surface area (Å²) in [7, 11) is 5.03. The van der Waals surface area contributed by atoms with Gasteiger partial charge >= 0.3 is 0 Å². The van der Waals surface area contributed by atoms with Crippen molar-refractivity contribution >= 4 is 29.9 Å². The molecule has 0 atom stereocenters. The zero-order valence-corrected chi connectivity index (χ0v) is 18.6. The molecule has 0 aromatic heterocycles. The molecular formula is C20H26IN3O4. The third-order valence-electron chi connectivity index (χ3n) is 4.27. The van der Waals surface area contributed by atoms with Crippen LogP contribution < -0.4 is 29.6 Å². The molecule has 2 N–H and O–H groups in total. The van der Waals surface area contributed by atoms with Crippen LogP contribution in [0.2, 0.25) is 0 Å². The molecule has 152 valence electrons. The van der Waals surface area contributed by atoms with Gasteiger partial charge in [0, 0.05) is 20.1 Å². The molecular weight excluding hydrogens is 473 g/mol. The Labute approximate surface area is 182 Å². The van der Waals surface area contributed by atoms with Crippen LogP contribution in [0.5, 0.6) is 23.0 Å². The van der Waals surface area contributed by atoms with Crippen LogP contribution in [0.25, 0.3) is 0 Å². The van der Waals surface area contributed by atoms with Gasteiger partial charge in [-0.15, -0.1) is 24.0 Å². The van der Waals surface area contributed by atoms with Crippen LogP contribution >= 0.6 is 24.0 Å². The zero-order valence-electron chi connectivity index (χ0n) is 16.3. The van der Waals surface area contributed by atoms with Crippen LogP contribution in [0.15, 0.2) is 41.4 Å². The van der Waals surface area contributed by atoms with E-state index in [9.17, 15) is 0 Å². The number of rotatable bonds is 7. The largest absolute Gasteiger partial charge is 0.493 e. The number of halogens is 1. The SMILES string of the molecule is CN=C(NCCc1ccc(OC)c(OC)c1)NCc1ccc2c(c1)OCO2.I. The van der Waals surface area contributed by atoms with Crippen molar-refractivity contribution in [3.8, 4) is 23.0 Å². The molecule has 2 aromatic rings. The Hall–Kier alpha value is -2.36. The van der Waals surface area contributed by atoms with E-state index >= 15 is 0 Å². The van der Waals surface area contributed by atoms with Gasteiger partial charge in [-0.1, -0.05) is 12.1 Å². The van der Waals surface area contributed by atoms with Crippen LogP contribution in [0.4, 0.5) is 0 Å². The molecule has 0 aliphatic carbocycles. The van der Waals surface area contributed by atoms with E-state index in [-0.39, 0.29) is 30.8 Å². The lowest BCUT2D eigenvalue weighted by atomic mass is 10.1. The number of hydrogen-bond acceptors (Lipinski definition) is 5. The molecule has 28 heavy (non-hydrogen) atoms. The summed E-state index contributed by atoms with van der Waals surface area (Å²) < 4.78 is 21.3. The van der Waals surface area contributed by atoms with E-state index in [0.717, 1.165) is 53.1 Å². The second kappa shape index (κ2) is 10.8. The summed E-state index contributed by atoms with van der Waals surface area (Å²) in [5.41, 5.74) is 2.26. The molecule has 0 saturated carbocycles. The number of methoxy groups -OCH3 is 2. The lowest BCUT2D eigenvalue weighted by Gasteiger charge is -2.13. The lowest BCUT2D eigenvalue weighted by molar-refractivity contribution is 0.174. The van der Waals surface area contributed by atoms with Gasteiger partial charge in [0.25, 0.3) is 0 Å². The summed E-state index contributed by atoms with van der Waals surface area (Å²) in [6, 6.07) is 11.9. The van der Waals surface area contributed by atoms with E-state index in [1.54, 1.807) is 21.3 Å². The Kier molecular flexibility index (Phi) is 8.49. The third kappa shape index (κ3) is 5.57. The lowest BCUT2D eigenvalue weighted by Crippen LogP contribution is -2.37. The number of nitrogens with zero attached hydrogens (tertiary/aromatic N) is 1. The number of fused-ring (bicyclic) bond motifs is 1. The van der Waals surface area contributed by atoms with Crippen molar-refractivity contribution in [2.75, 3.05) is 34.6 Å². The number of nitrogens with one attached hydrogen (secondary N) is 2. The standard InChI is InChI=1S/C20H25N3O4.HI/c1-21-20(23-12-15-5-7-17-19(11-15)27-13-26-17)22-9-8-14-4-6-16(24-2)18(10-14)25-3;/h4-7,10-11H,8-9,12-13H2,1-3H3,(H2,21,22,23);1H. The summed E-state index contributed by atoms with van der Waals surface area (Å²) in [5, 5.41) is 6.62. The number of aliphatic imine (C=N–C) groups is 1. The van der Waals surface area contributed by atoms with Gasteiger partial charge in [-0.3, -0.25) is 4.99 Å². The van der Waals surface area contributed by atoms with E-state index in [2.05, 4.69) is 15.6 Å². The maximum atomic E-state index is 5.41. The molecule has 0 unspecified atom stereocenters. The van der Waals surface area contributed by atoms with Crippen LogP contribution in [0.3, 0.4) is 0 Å². The van der Waals surface area contributed by atoms with Gasteiger partial charge in [0.1, 0.15) is 0 Å². The number of ether oxygens (including phenoxy) is 4. The number of guanidine groups is 1. The highest BCUT2D eigenvalue weighted by atomic mass is 127. The van der Waals surface area contributed by atoms with Crippen molar-refractivity contribution in [3.05, 3.63) is 47.5 Å². The highest BCUT2D eigenvalue weighted by Gasteiger charge is 2.13. The first-order valence-electron chi connectivity index (χ1n) is 8.77. The first-order chi connectivity index (χ1) is 13.2. The summed E-state index contributed by atoms with van der Waals surface area (Å²) in [4.78, 5) is 4.26. The Bertz CT molecular complexity index is 814. The van der Waals surface area contributed by atoms with Gasteiger partial charge in [0.2, 0.25) is 6.79 Å². The molecule has 0 bridgehead atoms. The summed E-state index contributed by atoms with van der Waals surface area (Å²) >= 11 is 0. The van der Waals surface area contributed by atoms with Gasteiger partial charge in [-0.2, -0.15) is 0 Å². The average molecular weight is 499 g/mol. The third-order valence-corrected chi connectivity index (χ3v) is 4.27. The molecule has 7 nitrogen and oxygen atoms in total. The topological polar surface area (TPSA) is 73.3 Å². The van der Waals surface area contributed by atoms with Gasteiger partial charge in [0.05, 0.1) is 14.2 Å². The zero-order chi connectivity index (χ0) is 19.1. The van der Waals surface area contributed by atoms with Crippen LogP contribution in [0, 0.1) is 0 Å². The molecule has 3 rings (SSSR count). The fourth-order valence-corrected chi connectivity index (χ4v) is 2.82. The molecule has 1 aliphatic heterocycles. The molecule has 1 aliphatic rings. The molecule has 0 fully saturated rings. The molecule has 0 radical (unpaired) electrons. The van der Waals surface area contributed by atoms with E-state index in [4.69, 9.17) is 18.9 Å². The Morgan fingerprint density at radius 2 is 1.71 bits per heavy atom. The summed E-state index contributed by atoms with van der Waals surface area (Å²) in [6.07, 6.45) is 0.838. The predicted octanol–water partition coefficient (Wildman–Crippen LogP) is 2.96. The second-order valence-electron chi connectivity index (χ2n) is 5.98. The Morgan fingerprint density at radius 3 is 2.46 bits per heavy atom. The van der Waals surface area contributed by atoms with Gasteiger partial charge in [-0.25, -0.2) is 0 Å². The fourth-order valence-electron chi connectivity index (χ4n) is 2.82. The van der Waals surface area contributed by atoms with Gasteiger partial charge < -0.3 is 29.6 Å². The number of hydrogen-bond donors (Lipinski definition) is 2. The summed E-state index contributed by atoms with van der Waals surface area (Å²) in [5.74, 6) is 3.78. The average Bonchev–Trinajstić information content (AvgIpc) is 3.18. The maximum Gasteiger partial charge on any atom is 0.231 e. The quantitative estimate of drug-likeness (QED) is 0.347. The fraction of sp³-hybridized carbons (Fsp3) is 0.350. The molecule has 0 saturated heterocycles. The van der Waals surface area contributed by atoms with Crippen molar-refractivity contribution in [1.29, 1.82) is 0 Å².